The number of hydrogen-bond acceptors (Lipinski definition) is 5. The molecule has 0 bridgehead atoms. The van der Waals surface area contributed by atoms with Gasteiger partial charge in [-0.25, -0.2) is 9.97 Å². The minimum Gasteiger partial charge on any atom is -0.364 e. The molecule has 0 spiro atoms. The van der Waals surface area contributed by atoms with E-state index < -0.39 is 11.7 Å². The number of allylic oxidation sites excluding steroid dienone is 1. The molecule has 9 heteroatoms. The Balaban J connectivity index is 2.35. The molecule has 2 rings (SSSR count). The lowest BCUT2D eigenvalue weighted by atomic mass is 10.2. The second kappa shape index (κ2) is 6.37. The number of rotatable bonds is 5. The minimum absolute atomic E-state index is 0.0709. The maximum atomic E-state index is 13.0. The Hall–Kier alpha value is -2.71. The van der Waals surface area contributed by atoms with Crippen LogP contribution in [0.15, 0.2) is 34.3 Å². The van der Waals surface area contributed by atoms with Gasteiger partial charge in [0, 0.05) is 19.5 Å². The highest BCUT2D eigenvalue weighted by molar-refractivity contribution is 5.90. The maximum absolute atomic E-state index is 13.0. The van der Waals surface area contributed by atoms with Crippen LogP contribution in [-0.2, 0) is 6.18 Å². The van der Waals surface area contributed by atoms with Gasteiger partial charge in [0.2, 0.25) is 0 Å². The summed E-state index contributed by atoms with van der Waals surface area (Å²) in [7, 11) is 1.59. The van der Waals surface area contributed by atoms with Crippen molar-refractivity contribution in [2.24, 2.45) is 9.98 Å². The van der Waals surface area contributed by atoms with Crippen LogP contribution in [0.2, 0.25) is 0 Å². The van der Waals surface area contributed by atoms with Crippen molar-refractivity contribution in [2.45, 2.75) is 6.18 Å². The second-order valence-electron chi connectivity index (χ2n) is 4.22. The van der Waals surface area contributed by atoms with Crippen LogP contribution in [0.5, 0.6) is 0 Å². The van der Waals surface area contributed by atoms with Crippen LogP contribution in [0.3, 0.4) is 0 Å². The molecule has 2 N–H and O–H groups in total. The molecular formula is C13H13F3N6. The number of aliphatic imine (C=N–C) groups is 2. The first kappa shape index (κ1) is 15.7. The zero-order valence-corrected chi connectivity index (χ0v) is 11.6. The van der Waals surface area contributed by atoms with Crippen LogP contribution >= 0.6 is 0 Å². The fourth-order valence-corrected chi connectivity index (χ4v) is 1.82. The van der Waals surface area contributed by atoms with Crippen LogP contribution in [0.4, 0.5) is 19.0 Å². The fourth-order valence-electron chi connectivity index (χ4n) is 1.82. The molecule has 0 radical (unpaired) electrons. The Labute approximate surface area is 123 Å². The summed E-state index contributed by atoms with van der Waals surface area (Å²) in [6.07, 6.45) is 0.665. The van der Waals surface area contributed by atoms with E-state index in [0.29, 0.717) is 5.70 Å². The summed E-state index contributed by atoms with van der Waals surface area (Å²) in [5.41, 5.74) is -0.198. The van der Waals surface area contributed by atoms with Crippen LogP contribution in [-0.4, -0.2) is 41.5 Å². The summed E-state index contributed by atoms with van der Waals surface area (Å²) in [6.45, 7) is 3.55. The van der Waals surface area contributed by atoms with Crippen LogP contribution in [0.1, 0.15) is 5.56 Å². The molecule has 2 heterocycles. The highest BCUT2D eigenvalue weighted by Gasteiger charge is 2.35. The SMILES string of the molecule is C=N/C(=C\C=N/C)CNc1ncnc2[nH]cc(C(F)(F)F)c12. The third-order valence-electron chi connectivity index (χ3n) is 2.83. The highest BCUT2D eigenvalue weighted by atomic mass is 19.4. The van der Waals surface area contributed by atoms with Crippen LogP contribution in [0.25, 0.3) is 11.0 Å². The topological polar surface area (TPSA) is 78.3 Å². The first-order chi connectivity index (χ1) is 10.5. The third kappa shape index (κ3) is 3.30. The van der Waals surface area contributed by atoms with Crippen molar-refractivity contribution in [1.29, 1.82) is 0 Å². The van der Waals surface area contributed by atoms with Gasteiger partial charge in [0.25, 0.3) is 0 Å². The number of alkyl halides is 3. The summed E-state index contributed by atoms with van der Waals surface area (Å²) >= 11 is 0. The molecule has 6 nitrogen and oxygen atoms in total. The van der Waals surface area contributed by atoms with Gasteiger partial charge in [-0.1, -0.05) is 0 Å². The van der Waals surface area contributed by atoms with Gasteiger partial charge in [-0.05, 0) is 12.8 Å². The van der Waals surface area contributed by atoms with Gasteiger partial charge in [-0.15, -0.1) is 0 Å². The van der Waals surface area contributed by atoms with Gasteiger partial charge in [-0.2, -0.15) is 13.2 Å². The van der Waals surface area contributed by atoms with Gasteiger partial charge in [0.15, 0.2) is 0 Å². The molecular weight excluding hydrogens is 297 g/mol. The predicted molar refractivity (Wildman–Crippen MR) is 79.4 cm³/mol. The Morgan fingerprint density at radius 1 is 1.45 bits per heavy atom. The first-order valence-electron chi connectivity index (χ1n) is 6.18. The largest absolute Gasteiger partial charge is 0.418 e. The number of hydrogen-bond donors (Lipinski definition) is 2. The molecule has 0 aliphatic heterocycles. The molecule has 2 aromatic heterocycles. The smallest absolute Gasteiger partial charge is 0.364 e. The maximum Gasteiger partial charge on any atom is 0.418 e. The van der Waals surface area contributed by atoms with Gasteiger partial charge >= 0.3 is 6.18 Å². The Morgan fingerprint density at radius 3 is 2.86 bits per heavy atom. The van der Waals surface area contributed by atoms with E-state index in [4.69, 9.17) is 0 Å². The first-order valence-corrected chi connectivity index (χ1v) is 6.18. The molecule has 0 atom stereocenters. The molecule has 0 amide bonds. The van der Waals surface area contributed by atoms with E-state index in [1.54, 1.807) is 13.1 Å². The Bertz CT molecular complexity index is 729. The lowest BCUT2D eigenvalue weighted by Crippen LogP contribution is -2.09. The molecule has 0 aliphatic rings. The minimum atomic E-state index is -4.50. The van der Waals surface area contributed by atoms with Crippen molar-refractivity contribution in [3.63, 3.8) is 0 Å². The van der Waals surface area contributed by atoms with Crippen molar-refractivity contribution < 1.29 is 13.2 Å². The monoisotopic (exact) mass is 310 g/mol. The van der Waals surface area contributed by atoms with Crippen molar-refractivity contribution in [3.05, 3.63) is 29.9 Å². The molecule has 0 fully saturated rings. The van der Waals surface area contributed by atoms with Gasteiger partial charge < -0.3 is 10.3 Å². The van der Waals surface area contributed by atoms with E-state index in [9.17, 15) is 13.2 Å². The number of nitrogens with zero attached hydrogens (tertiary/aromatic N) is 4. The summed E-state index contributed by atoms with van der Waals surface area (Å²) in [5.74, 6) is 0.0709. The van der Waals surface area contributed by atoms with Gasteiger partial charge in [0.05, 0.1) is 23.2 Å². The van der Waals surface area contributed by atoms with E-state index in [1.807, 2.05) is 0 Å². The molecule has 0 aliphatic carbocycles. The quantitative estimate of drug-likeness (QED) is 0.833. The van der Waals surface area contributed by atoms with Crippen molar-refractivity contribution in [2.75, 3.05) is 18.9 Å². The van der Waals surface area contributed by atoms with Crippen molar-refractivity contribution >= 4 is 29.8 Å². The van der Waals surface area contributed by atoms with E-state index in [0.717, 1.165) is 6.20 Å². The summed E-state index contributed by atoms with van der Waals surface area (Å²) < 4.78 is 39.0. The van der Waals surface area contributed by atoms with Crippen LogP contribution in [0, 0.1) is 0 Å². The molecule has 22 heavy (non-hydrogen) atoms. The molecule has 2 aromatic rings. The van der Waals surface area contributed by atoms with E-state index in [-0.39, 0.29) is 23.4 Å². The molecule has 0 saturated carbocycles. The number of halogens is 3. The van der Waals surface area contributed by atoms with E-state index >= 15 is 0 Å². The molecule has 116 valence electrons. The summed E-state index contributed by atoms with van der Waals surface area (Å²) in [4.78, 5) is 17.7. The molecule has 0 aromatic carbocycles. The standard InChI is InChI=1S/C13H13F3N6/c1-17-4-3-8(18-2)5-19-11-10-9(13(14,15)16)6-20-12(10)22-7-21-11/h3-4,6-7H,2,5H2,1H3,(H2,19,20,21,22)/b8-3-,17-4-. The summed E-state index contributed by atoms with van der Waals surface area (Å²) in [5, 5.41) is 2.70. The fraction of sp³-hybridized carbons (Fsp3) is 0.231. The highest BCUT2D eigenvalue weighted by Crippen LogP contribution is 2.36. The number of anilines is 1. The zero-order chi connectivity index (χ0) is 16.2. The Morgan fingerprint density at radius 2 is 2.23 bits per heavy atom. The van der Waals surface area contributed by atoms with Crippen molar-refractivity contribution in [1.82, 2.24) is 15.0 Å². The number of fused-ring (bicyclic) bond motifs is 1. The third-order valence-corrected chi connectivity index (χ3v) is 2.83. The number of nitrogens with one attached hydrogen (secondary N) is 2. The second-order valence-corrected chi connectivity index (χ2v) is 4.22. The Kier molecular flexibility index (Phi) is 4.54. The van der Waals surface area contributed by atoms with Crippen LogP contribution < -0.4 is 5.32 Å². The predicted octanol–water partition coefficient (Wildman–Crippen LogP) is 2.67. The van der Waals surface area contributed by atoms with E-state index in [1.165, 1.54) is 12.5 Å². The number of H-pyrrole nitrogens is 1. The summed E-state index contributed by atoms with van der Waals surface area (Å²) in [6, 6.07) is 0. The zero-order valence-electron chi connectivity index (χ0n) is 11.6. The lowest BCUT2D eigenvalue weighted by Gasteiger charge is -2.09. The number of aromatic nitrogens is 3. The van der Waals surface area contributed by atoms with Gasteiger partial charge in [0.1, 0.15) is 17.8 Å². The number of aromatic amines is 1. The average Bonchev–Trinajstić information content (AvgIpc) is 2.92. The van der Waals surface area contributed by atoms with Gasteiger partial charge in [-0.3, -0.25) is 9.98 Å². The molecule has 0 saturated heterocycles. The normalized spacial score (nSPS) is 13.0. The van der Waals surface area contributed by atoms with Crippen molar-refractivity contribution in [3.8, 4) is 0 Å². The van der Waals surface area contributed by atoms with E-state index in [2.05, 4.69) is 37.0 Å². The molecule has 0 unspecified atom stereocenters. The lowest BCUT2D eigenvalue weighted by molar-refractivity contribution is -0.136. The average molecular weight is 310 g/mol.